The Kier molecular flexibility index (Phi) is 10.9. The molecule has 0 aliphatic carbocycles. The van der Waals surface area contributed by atoms with Crippen LogP contribution in [0.3, 0.4) is 0 Å². The summed E-state index contributed by atoms with van der Waals surface area (Å²) in [6.45, 7) is 17.5. The van der Waals surface area contributed by atoms with Gasteiger partial charge < -0.3 is 8.85 Å². The predicted octanol–water partition coefficient (Wildman–Crippen LogP) is 6.30. The highest BCUT2D eigenvalue weighted by Crippen LogP contribution is 2.50. The molecule has 0 aromatic heterocycles. The van der Waals surface area contributed by atoms with Crippen molar-refractivity contribution in [2.75, 3.05) is 13.2 Å². The van der Waals surface area contributed by atoms with E-state index in [9.17, 15) is 0 Å². The Morgan fingerprint density at radius 2 is 1.33 bits per heavy atom. The lowest BCUT2D eigenvalue weighted by Crippen LogP contribution is -2.54. The molecule has 0 aromatic rings. The Bertz CT molecular complexity index is 244. The lowest BCUT2D eigenvalue weighted by Gasteiger charge is -2.47. The normalized spacial score (nSPS) is 13.1. The van der Waals surface area contributed by atoms with Crippen molar-refractivity contribution in [3.05, 3.63) is 0 Å². The minimum Gasteiger partial charge on any atom is -0.394 e. The molecule has 0 rings (SSSR count). The number of rotatable bonds is 13. The van der Waals surface area contributed by atoms with Crippen LogP contribution in [0.2, 0.25) is 11.1 Å². The van der Waals surface area contributed by atoms with Gasteiger partial charge in [-0.25, -0.2) is 0 Å². The average molecular weight is 317 g/mol. The highest BCUT2D eigenvalue weighted by Gasteiger charge is 2.54. The zero-order chi connectivity index (χ0) is 16.4. The molecule has 0 unspecified atom stereocenters. The lowest BCUT2D eigenvalue weighted by atomic mass is 9.90. The fraction of sp³-hybridized carbons (Fsp3) is 1.00. The molecule has 0 atom stereocenters. The van der Waals surface area contributed by atoms with E-state index in [1.54, 1.807) is 0 Å². The van der Waals surface area contributed by atoms with Crippen LogP contribution in [0.15, 0.2) is 0 Å². The van der Waals surface area contributed by atoms with Crippen LogP contribution in [0.25, 0.3) is 0 Å². The van der Waals surface area contributed by atoms with Crippen LogP contribution < -0.4 is 0 Å². The highest BCUT2D eigenvalue weighted by atomic mass is 28.4. The summed E-state index contributed by atoms with van der Waals surface area (Å²) in [4.78, 5) is 0. The second-order valence-corrected chi connectivity index (χ2v) is 10.5. The van der Waals surface area contributed by atoms with Crippen LogP contribution in [-0.2, 0) is 8.85 Å². The van der Waals surface area contributed by atoms with Crippen LogP contribution >= 0.6 is 0 Å². The van der Waals surface area contributed by atoms with Gasteiger partial charge in [-0.3, -0.25) is 0 Å². The zero-order valence-electron chi connectivity index (χ0n) is 15.8. The largest absolute Gasteiger partial charge is 0.394 e. The average Bonchev–Trinajstić information content (AvgIpc) is 2.44. The zero-order valence-corrected chi connectivity index (χ0v) is 16.8. The smallest absolute Gasteiger partial charge is 0.344 e. The summed E-state index contributed by atoms with van der Waals surface area (Å²) in [6.07, 6.45) is 7.61. The molecule has 0 aromatic carbocycles. The van der Waals surface area contributed by atoms with Crippen molar-refractivity contribution in [2.45, 2.75) is 98.1 Å². The topological polar surface area (TPSA) is 18.5 Å². The van der Waals surface area contributed by atoms with E-state index in [2.05, 4.69) is 48.5 Å². The van der Waals surface area contributed by atoms with Gasteiger partial charge in [-0.2, -0.15) is 0 Å². The van der Waals surface area contributed by atoms with Gasteiger partial charge in [0, 0.05) is 18.3 Å². The van der Waals surface area contributed by atoms with Crippen molar-refractivity contribution in [1.82, 2.24) is 0 Å². The van der Waals surface area contributed by atoms with Crippen molar-refractivity contribution in [1.29, 1.82) is 0 Å². The number of hydrogen-bond donors (Lipinski definition) is 0. The molecule has 0 aliphatic rings. The van der Waals surface area contributed by atoms with Crippen molar-refractivity contribution in [3.63, 3.8) is 0 Å². The van der Waals surface area contributed by atoms with Gasteiger partial charge in [-0.1, -0.05) is 73.1 Å². The molecule has 0 radical (unpaired) electrons. The van der Waals surface area contributed by atoms with Crippen LogP contribution in [-0.4, -0.2) is 21.8 Å². The van der Waals surface area contributed by atoms with Gasteiger partial charge in [0.1, 0.15) is 0 Å². The third kappa shape index (κ3) is 5.68. The Morgan fingerprint density at radius 3 is 1.71 bits per heavy atom. The monoisotopic (exact) mass is 316 g/mol. The van der Waals surface area contributed by atoms with Crippen LogP contribution in [0.5, 0.6) is 0 Å². The summed E-state index contributed by atoms with van der Waals surface area (Å²) in [5.74, 6) is 0.688. The summed E-state index contributed by atoms with van der Waals surface area (Å²) < 4.78 is 12.8. The molecule has 2 nitrogen and oxygen atoms in total. The fourth-order valence-electron chi connectivity index (χ4n) is 3.75. The Labute approximate surface area is 135 Å². The first-order chi connectivity index (χ1) is 9.95. The van der Waals surface area contributed by atoms with Crippen LogP contribution in [0.4, 0.5) is 0 Å². The van der Waals surface area contributed by atoms with E-state index >= 15 is 0 Å². The summed E-state index contributed by atoms with van der Waals surface area (Å²) in [7, 11) is -2.18. The molecule has 0 saturated carbocycles. The minimum atomic E-state index is -2.18. The predicted molar refractivity (Wildman–Crippen MR) is 96.1 cm³/mol. The summed E-state index contributed by atoms with van der Waals surface area (Å²) >= 11 is 0. The Balaban J connectivity index is 5.21. The third-order valence-electron chi connectivity index (χ3n) is 5.10. The summed E-state index contributed by atoms with van der Waals surface area (Å²) in [5, 5.41) is 0.175. The molecular weight excluding hydrogens is 276 g/mol. The second kappa shape index (κ2) is 10.8. The maximum absolute atomic E-state index is 6.42. The summed E-state index contributed by atoms with van der Waals surface area (Å²) in [6, 6.07) is 1.15. The van der Waals surface area contributed by atoms with Crippen LogP contribution in [0, 0.1) is 5.92 Å². The number of unbranched alkanes of at least 4 members (excludes halogenated alkanes) is 3. The van der Waals surface area contributed by atoms with Crippen molar-refractivity contribution in [3.8, 4) is 0 Å². The van der Waals surface area contributed by atoms with Crippen molar-refractivity contribution >= 4 is 8.56 Å². The minimum absolute atomic E-state index is 0.175. The van der Waals surface area contributed by atoms with Gasteiger partial charge in [0.2, 0.25) is 0 Å². The van der Waals surface area contributed by atoms with E-state index in [-0.39, 0.29) is 5.04 Å². The first-order valence-corrected chi connectivity index (χ1v) is 11.3. The van der Waals surface area contributed by atoms with Gasteiger partial charge in [0.15, 0.2) is 0 Å². The molecule has 0 heterocycles. The molecule has 0 bridgehead atoms. The standard InChI is InChI=1S/C18H40O2Si/c1-8-13-14-15-16-21(19-11-4,20-12-5)18(6,7)17(9-2)10-3/h17H,8-16H2,1-7H3. The van der Waals surface area contributed by atoms with E-state index in [4.69, 9.17) is 8.85 Å². The first-order valence-electron chi connectivity index (χ1n) is 9.23. The van der Waals surface area contributed by atoms with E-state index < -0.39 is 8.56 Å². The quantitative estimate of drug-likeness (QED) is 0.293. The SMILES string of the molecule is CCCCCC[Si](OCC)(OCC)C(C)(C)C(CC)CC. The summed E-state index contributed by atoms with van der Waals surface area (Å²) in [5.41, 5.74) is 0. The van der Waals surface area contributed by atoms with Gasteiger partial charge in [0.25, 0.3) is 0 Å². The van der Waals surface area contributed by atoms with Gasteiger partial charge in [-0.15, -0.1) is 0 Å². The molecule has 0 spiro atoms. The van der Waals surface area contributed by atoms with Gasteiger partial charge in [-0.05, 0) is 25.8 Å². The first kappa shape index (κ1) is 21.1. The Hall–Kier alpha value is 0.137. The molecular formula is C18H40O2Si. The van der Waals surface area contributed by atoms with E-state index in [0.717, 1.165) is 19.3 Å². The van der Waals surface area contributed by atoms with Gasteiger partial charge >= 0.3 is 8.56 Å². The fourth-order valence-corrected chi connectivity index (χ4v) is 8.19. The second-order valence-electron chi connectivity index (χ2n) is 6.66. The van der Waals surface area contributed by atoms with Crippen molar-refractivity contribution in [2.24, 2.45) is 5.92 Å². The lowest BCUT2D eigenvalue weighted by molar-refractivity contribution is 0.136. The van der Waals surface area contributed by atoms with Crippen molar-refractivity contribution < 1.29 is 8.85 Å². The van der Waals surface area contributed by atoms with E-state index in [0.29, 0.717) is 5.92 Å². The molecule has 3 heteroatoms. The molecule has 0 saturated heterocycles. The molecule has 0 fully saturated rings. The number of hydrogen-bond acceptors (Lipinski definition) is 2. The highest BCUT2D eigenvalue weighted by molar-refractivity contribution is 6.70. The maximum atomic E-state index is 6.42. The maximum Gasteiger partial charge on any atom is 0.344 e. The Morgan fingerprint density at radius 1 is 0.810 bits per heavy atom. The van der Waals surface area contributed by atoms with Gasteiger partial charge in [0.05, 0.1) is 0 Å². The molecule has 21 heavy (non-hydrogen) atoms. The van der Waals surface area contributed by atoms with Crippen LogP contribution in [0.1, 0.15) is 87.0 Å². The molecule has 128 valence electrons. The molecule has 0 amide bonds. The third-order valence-corrected chi connectivity index (χ3v) is 10.00. The van der Waals surface area contributed by atoms with E-state index in [1.807, 2.05) is 0 Å². The molecule has 0 N–H and O–H groups in total. The molecule has 0 aliphatic heterocycles. The van der Waals surface area contributed by atoms with E-state index in [1.165, 1.54) is 38.5 Å².